The van der Waals surface area contributed by atoms with Gasteiger partial charge in [-0.1, -0.05) is 23.2 Å². The summed E-state index contributed by atoms with van der Waals surface area (Å²) in [6, 6.07) is 13.1. The minimum Gasteiger partial charge on any atom is -0.488 e. The molecule has 1 aliphatic heterocycles. The van der Waals surface area contributed by atoms with Crippen molar-refractivity contribution in [2.24, 2.45) is 0 Å². The Morgan fingerprint density at radius 1 is 0.897 bits per heavy atom. The van der Waals surface area contributed by atoms with Crippen LogP contribution in [0.4, 0.5) is 11.4 Å². The number of amides is 2. The minimum absolute atomic E-state index is 0.113. The Labute approximate surface area is 176 Å². The van der Waals surface area contributed by atoms with Crippen molar-refractivity contribution in [3.63, 3.8) is 0 Å². The number of hydrogen-bond acceptors (Lipinski definition) is 4. The van der Waals surface area contributed by atoms with Crippen LogP contribution in [0.15, 0.2) is 64.8 Å². The van der Waals surface area contributed by atoms with Crippen molar-refractivity contribution in [3.05, 3.63) is 81.7 Å². The standard InChI is InChI=1S/C21H14Cl2N2O4/c22-14-4-6-18-12(9-14)8-13(11-29-18)20(26)24-16-5-3-15(23)10-17(16)25-21(27)19-2-1-7-28-19/h1-10H,11H2,(H,24,26)(H,25,27). The van der Waals surface area contributed by atoms with Crippen LogP contribution in [0, 0.1) is 0 Å². The van der Waals surface area contributed by atoms with Gasteiger partial charge in [0.05, 0.1) is 23.2 Å². The molecular formula is C21H14Cl2N2O4. The summed E-state index contributed by atoms with van der Waals surface area (Å²) in [5.74, 6) is -0.0361. The average molecular weight is 429 g/mol. The number of anilines is 2. The number of carbonyl (C=O) groups is 2. The average Bonchev–Trinajstić information content (AvgIpc) is 3.24. The highest BCUT2D eigenvalue weighted by atomic mass is 35.5. The van der Waals surface area contributed by atoms with Crippen molar-refractivity contribution in [1.82, 2.24) is 0 Å². The highest BCUT2D eigenvalue weighted by Gasteiger charge is 2.19. The van der Waals surface area contributed by atoms with Crippen molar-refractivity contribution in [1.29, 1.82) is 0 Å². The lowest BCUT2D eigenvalue weighted by molar-refractivity contribution is -0.113. The summed E-state index contributed by atoms with van der Waals surface area (Å²) >= 11 is 12.1. The molecule has 3 aromatic rings. The van der Waals surface area contributed by atoms with Crippen LogP contribution in [0.25, 0.3) is 6.08 Å². The molecule has 0 radical (unpaired) electrons. The molecule has 0 bridgehead atoms. The summed E-state index contributed by atoms with van der Waals surface area (Å²) < 4.78 is 10.7. The third kappa shape index (κ3) is 4.29. The summed E-state index contributed by atoms with van der Waals surface area (Å²) in [7, 11) is 0. The van der Waals surface area contributed by atoms with Gasteiger partial charge in [0.15, 0.2) is 5.76 Å². The van der Waals surface area contributed by atoms with Crippen molar-refractivity contribution >= 4 is 52.5 Å². The van der Waals surface area contributed by atoms with Gasteiger partial charge in [0.25, 0.3) is 11.8 Å². The molecule has 0 fully saturated rings. The van der Waals surface area contributed by atoms with E-state index in [-0.39, 0.29) is 18.3 Å². The van der Waals surface area contributed by atoms with Crippen molar-refractivity contribution in [3.8, 4) is 5.75 Å². The highest BCUT2D eigenvalue weighted by Crippen LogP contribution is 2.31. The lowest BCUT2D eigenvalue weighted by Gasteiger charge is -2.19. The predicted octanol–water partition coefficient (Wildman–Crippen LogP) is 5.25. The topological polar surface area (TPSA) is 80.6 Å². The largest absolute Gasteiger partial charge is 0.488 e. The smallest absolute Gasteiger partial charge is 0.291 e. The second-order valence-corrected chi connectivity index (χ2v) is 7.09. The van der Waals surface area contributed by atoms with E-state index in [9.17, 15) is 9.59 Å². The summed E-state index contributed by atoms with van der Waals surface area (Å²) in [4.78, 5) is 25.0. The number of rotatable bonds is 4. The van der Waals surface area contributed by atoms with E-state index in [2.05, 4.69) is 10.6 Å². The number of ether oxygens (including phenoxy) is 1. The number of benzene rings is 2. The molecule has 2 heterocycles. The van der Waals surface area contributed by atoms with Gasteiger partial charge in [-0.2, -0.15) is 0 Å². The molecule has 1 aliphatic rings. The lowest BCUT2D eigenvalue weighted by Crippen LogP contribution is -2.22. The van der Waals surface area contributed by atoms with Crippen LogP contribution in [0.3, 0.4) is 0 Å². The number of fused-ring (bicyclic) bond motifs is 1. The monoisotopic (exact) mass is 428 g/mol. The van der Waals surface area contributed by atoms with Crippen LogP contribution in [-0.4, -0.2) is 18.4 Å². The van der Waals surface area contributed by atoms with Crippen LogP contribution in [-0.2, 0) is 4.79 Å². The maximum Gasteiger partial charge on any atom is 0.291 e. The highest BCUT2D eigenvalue weighted by molar-refractivity contribution is 6.31. The molecule has 0 saturated carbocycles. The molecule has 1 aromatic heterocycles. The molecule has 4 rings (SSSR count). The summed E-state index contributed by atoms with van der Waals surface area (Å²) in [5.41, 5.74) is 1.86. The van der Waals surface area contributed by atoms with Crippen LogP contribution >= 0.6 is 23.2 Å². The van der Waals surface area contributed by atoms with Crippen LogP contribution in [0.5, 0.6) is 5.75 Å². The first-order chi connectivity index (χ1) is 14.0. The second kappa shape index (κ2) is 8.03. The molecule has 2 N–H and O–H groups in total. The third-order valence-corrected chi connectivity index (χ3v) is 4.67. The molecule has 0 spiro atoms. The second-order valence-electron chi connectivity index (χ2n) is 6.22. The molecule has 8 heteroatoms. The first kappa shape index (κ1) is 19.1. The van der Waals surface area contributed by atoms with Crippen LogP contribution < -0.4 is 15.4 Å². The van der Waals surface area contributed by atoms with Crippen LogP contribution in [0.2, 0.25) is 10.0 Å². The zero-order valence-corrected chi connectivity index (χ0v) is 16.4. The van der Waals surface area contributed by atoms with E-state index in [1.807, 2.05) is 0 Å². The first-order valence-corrected chi connectivity index (χ1v) is 9.34. The Bertz CT molecular complexity index is 1120. The SMILES string of the molecule is O=C(Nc1ccc(Cl)cc1NC(=O)c1ccco1)C1=Cc2cc(Cl)ccc2OC1. The summed E-state index contributed by atoms with van der Waals surface area (Å²) in [6.07, 6.45) is 3.12. The molecule has 6 nitrogen and oxygen atoms in total. The van der Waals surface area contributed by atoms with Crippen LogP contribution in [0.1, 0.15) is 16.1 Å². The molecule has 2 aromatic carbocycles. The van der Waals surface area contributed by atoms with E-state index in [4.69, 9.17) is 32.4 Å². The normalized spacial score (nSPS) is 12.4. The minimum atomic E-state index is -0.462. The number of carbonyl (C=O) groups excluding carboxylic acids is 2. The zero-order valence-electron chi connectivity index (χ0n) is 14.9. The fourth-order valence-electron chi connectivity index (χ4n) is 2.80. The Balaban J connectivity index is 1.56. The maximum atomic E-state index is 12.8. The Hall–Kier alpha value is -3.22. The van der Waals surface area contributed by atoms with Gasteiger partial charge in [-0.15, -0.1) is 0 Å². The lowest BCUT2D eigenvalue weighted by atomic mass is 10.1. The van der Waals surface area contributed by atoms with E-state index in [1.54, 1.807) is 48.5 Å². The van der Waals surface area contributed by atoms with Gasteiger partial charge in [0, 0.05) is 15.6 Å². The fourth-order valence-corrected chi connectivity index (χ4v) is 3.16. The van der Waals surface area contributed by atoms with Crippen molar-refractivity contribution < 1.29 is 18.7 Å². The molecule has 0 saturated heterocycles. The fraction of sp³-hybridized carbons (Fsp3) is 0.0476. The maximum absolute atomic E-state index is 12.8. The Morgan fingerprint density at radius 2 is 1.66 bits per heavy atom. The van der Waals surface area contributed by atoms with Gasteiger partial charge in [0.2, 0.25) is 0 Å². The van der Waals surface area contributed by atoms with Crippen molar-refractivity contribution in [2.75, 3.05) is 17.2 Å². The predicted molar refractivity (Wildman–Crippen MR) is 112 cm³/mol. The number of furan rings is 1. The van der Waals surface area contributed by atoms with E-state index in [0.717, 1.165) is 5.56 Å². The molecule has 0 atom stereocenters. The number of nitrogens with one attached hydrogen (secondary N) is 2. The van der Waals surface area contributed by atoms with Gasteiger partial charge >= 0.3 is 0 Å². The van der Waals surface area contributed by atoms with Gasteiger partial charge in [-0.05, 0) is 54.6 Å². The zero-order chi connectivity index (χ0) is 20.4. The molecule has 29 heavy (non-hydrogen) atoms. The van der Waals surface area contributed by atoms with E-state index >= 15 is 0 Å². The van der Waals surface area contributed by atoms with Gasteiger partial charge in [0.1, 0.15) is 12.4 Å². The van der Waals surface area contributed by atoms with Gasteiger partial charge in [-0.25, -0.2) is 0 Å². The number of hydrogen-bond donors (Lipinski definition) is 2. The molecule has 0 unspecified atom stereocenters. The van der Waals surface area contributed by atoms with E-state index in [0.29, 0.717) is 32.7 Å². The Morgan fingerprint density at radius 3 is 2.45 bits per heavy atom. The quantitative estimate of drug-likeness (QED) is 0.594. The van der Waals surface area contributed by atoms with Gasteiger partial charge < -0.3 is 19.8 Å². The Kier molecular flexibility index (Phi) is 5.29. The molecule has 146 valence electrons. The third-order valence-electron chi connectivity index (χ3n) is 4.20. The molecule has 0 aliphatic carbocycles. The number of halogens is 2. The molecular weight excluding hydrogens is 415 g/mol. The molecule has 2 amide bonds. The van der Waals surface area contributed by atoms with E-state index in [1.165, 1.54) is 12.3 Å². The van der Waals surface area contributed by atoms with E-state index < -0.39 is 5.91 Å². The summed E-state index contributed by atoms with van der Waals surface area (Å²) in [6.45, 7) is 0.113. The first-order valence-electron chi connectivity index (χ1n) is 8.58. The van der Waals surface area contributed by atoms with Crippen molar-refractivity contribution in [2.45, 2.75) is 0 Å². The summed E-state index contributed by atoms with van der Waals surface area (Å²) in [5, 5.41) is 6.42. The van der Waals surface area contributed by atoms with Gasteiger partial charge in [-0.3, -0.25) is 9.59 Å².